The second-order valence-corrected chi connectivity index (χ2v) is 9.25. The summed E-state index contributed by atoms with van der Waals surface area (Å²) in [4.78, 5) is 24.4. The number of hydrogen-bond acceptors (Lipinski definition) is 6. The van der Waals surface area contributed by atoms with Crippen LogP contribution >= 0.6 is 39.0 Å². The van der Waals surface area contributed by atoms with Gasteiger partial charge in [0.1, 0.15) is 11.4 Å². The molecule has 0 N–H and O–H groups in total. The van der Waals surface area contributed by atoms with E-state index in [4.69, 9.17) is 4.74 Å². The molecule has 3 heterocycles. The van der Waals surface area contributed by atoms with Crippen molar-refractivity contribution in [3.63, 3.8) is 0 Å². The zero-order chi connectivity index (χ0) is 18.8. The largest absolute Gasteiger partial charge is 0.375 e. The molecule has 27 heavy (non-hydrogen) atoms. The van der Waals surface area contributed by atoms with Gasteiger partial charge in [0.2, 0.25) is 5.91 Å². The summed E-state index contributed by atoms with van der Waals surface area (Å²) in [6.45, 7) is 3.92. The molecule has 2 aromatic heterocycles. The molecule has 3 aromatic rings. The number of fused-ring (bicyclic) bond motifs is 1. The lowest BCUT2D eigenvalue weighted by molar-refractivity contribution is -0.135. The predicted molar refractivity (Wildman–Crippen MR) is 113 cm³/mol. The van der Waals surface area contributed by atoms with Gasteiger partial charge in [-0.25, -0.2) is 9.97 Å². The van der Waals surface area contributed by atoms with Gasteiger partial charge in [-0.3, -0.25) is 4.79 Å². The molecule has 0 aliphatic carbocycles. The maximum Gasteiger partial charge on any atom is 0.233 e. The van der Waals surface area contributed by atoms with Crippen LogP contribution in [0.3, 0.4) is 0 Å². The molecule has 1 aromatic carbocycles. The van der Waals surface area contributed by atoms with Gasteiger partial charge in [-0.2, -0.15) is 0 Å². The van der Waals surface area contributed by atoms with Crippen molar-refractivity contribution in [1.82, 2.24) is 14.9 Å². The molecule has 5 nitrogen and oxygen atoms in total. The number of ether oxygens (including phenoxy) is 1. The number of hydrogen-bond donors (Lipinski definition) is 0. The second-order valence-electron chi connectivity index (χ2n) is 6.32. The van der Waals surface area contributed by atoms with E-state index in [0.717, 1.165) is 30.2 Å². The topological polar surface area (TPSA) is 55.3 Å². The van der Waals surface area contributed by atoms with Gasteiger partial charge in [-0.15, -0.1) is 11.3 Å². The number of thioether (sulfide) groups is 1. The summed E-state index contributed by atoms with van der Waals surface area (Å²) in [7, 11) is 0. The highest BCUT2D eigenvalue weighted by Crippen LogP contribution is 2.37. The number of rotatable bonds is 4. The Labute approximate surface area is 174 Å². The second kappa shape index (κ2) is 8.26. The van der Waals surface area contributed by atoms with Crippen LogP contribution in [0, 0.1) is 0 Å². The first kappa shape index (κ1) is 18.9. The molecule has 4 rings (SSSR count). The first-order valence-corrected chi connectivity index (χ1v) is 11.2. The van der Waals surface area contributed by atoms with E-state index in [1.807, 2.05) is 24.0 Å². The Bertz CT molecular complexity index is 961. The fourth-order valence-corrected chi connectivity index (χ4v) is 5.33. The van der Waals surface area contributed by atoms with Gasteiger partial charge < -0.3 is 9.64 Å². The highest BCUT2D eigenvalue weighted by atomic mass is 79.9. The van der Waals surface area contributed by atoms with E-state index < -0.39 is 0 Å². The molecular formula is C19H18BrN3O2S2. The predicted octanol–water partition coefficient (Wildman–Crippen LogP) is 4.46. The zero-order valence-corrected chi connectivity index (χ0v) is 17.9. The molecule has 1 aliphatic rings. The van der Waals surface area contributed by atoms with E-state index in [9.17, 15) is 4.79 Å². The van der Waals surface area contributed by atoms with E-state index in [2.05, 4.69) is 44.1 Å². The molecule has 1 atom stereocenters. The Kier molecular flexibility index (Phi) is 5.77. The van der Waals surface area contributed by atoms with Gasteiger partial charge in [-0.1, -0.05) is 39.8 Å². The van der Waals surface area contributed by atoms with Crippen molar-refractivity contribution in [1.29, 1.82) is 0 Å². The minimum atomic E-state index is 0.101. The van der Waals surface area contributed by atoms with E-state index in [1.54, 1.807) is 17.7 Å². The molecular weight excluding hydrogens is 446 g/mol. The zero-order valence-electron chi connectivity index (χ0n) is 14.7. The molecule has 0 saturated carbocycles. The first-order chi connectivity index (χ1) is 13.1. The number of aromatic nitrogens is 2. The first-order valence-electron chi connectivity index (χ1n) is 8.63. The van der Waals surface area contributed by atoms with Gasteiger partial charge in [0, 0.05) is 22.4 Å². The highest BCUT2D eigenvalue weighted by molar-refractivity contribution is 9.10. The molecule has 0 spiro atoms. The molecule has 0 bridgehead atoms. The average Bonchev–Trinajstić information content (AvgIpc) is 3.11. The van der Waals surface area contributed by atoms with E-state index in [0.29, 0.717) is 25.4 Å². The van der Waals surface area contributed by atoms with Gasteiger partial charge >= 0.3 is 0 Å². The Morgan fingerprint density at radius 1 is 1.37 bits per heavy atom. The van der Waals surface area contributed by atoms with Crippen molar-refractivity contribution in [2.24, 2.45) is 0 Å². The quantitative estimate of drug-likeness (QED) is 0.422. The van der Waals surface area contributed by atoms with E-state index in [1.165, 1.54) is 11.8 Å². The van der Waals surface area contributed by atoms with Crippen molar-refractivity contribution in [2.75, 3.05) is 25.4 Å². The molecule has 1 unspecified atom stereocenters. The molecule has 8 heteroatoms. The smallest absolute Gasteiger partial charge is 0.233 e. The van der Waals surface area contributed by atoms with Crippen LogP contribution in [0.2, 0.25) is 0 Å². The fraction of sp³-hybridized carbons (Fsp3) is 0.316. The van der Waals surface area contributed by atoms with Crippen LogP contribution in [-0.4, -0.2) is 52.3 Å². The summed E-state index contributed by atoms with van der Waals surface area (Å²) in [6, 6.07) is 10.3. The average molecular weight is 464 g/mol. The maximum absolute atomic E-state index is 12.5. The SMILES string of the molecule is CC1CN(C(=O)CSc2ncnc3cc(-c4ccc(Br)cc4)sc23)CCO1. The van der Waals surface area contributed by atoms with Crippen LogP contribution in [0.5, 0.6) is 0 Å². The number of thiophene rings is 1. The van der Waals surface area contributed by atoms with Crippen LogP contribution in [0.4, 0.5) is 0 Å². The minimum absolute atomic E-state index is 0.101. The Morgan fingerprint density at radius 2 is 2.19 bits per heavy atom. The molecule has 1 aliphatic heterocycles. The van der Waals surface area contributed by atoms with Gasteiger partial charge in [0.15, 0.2) is 0 Å². The normalized spacial score (nSPS) is 17.4. The number of nitrogens with zero attached hydrogens (tertiary/aromatic N) is 3. The van der Waals surface area contributed by atoms with Gasteiger partial charge in [-0.05, 0) is 30.7 Å². The van der Waals surface area contributed by atoms with Crippen molar-refractivity contribution in [2.45, 2.75) is 18.1 Å². The highest BCUT2D eigenvalue weighted by Gasteiger charge is 2.22. The summed E-state index contributed by atoms with van der Waals surface area (Å²) in [5, 5.41) is 0.864. The lowest BCUT2D eigenvalue weighted by atomic mass is 10.2. The molecule has 1 fully saturated rings. The summed E-state index contributed by atoms with van der Waals surface area (Å²) in [6.07, 6.45) is 1.67. The summed E-state index contributed by atoms with van der Waals surface area (Å²) in [5.74, 6) is 0.510. The summed E-state index contributed by atoms with van der Waals surface area (Å²) >= 11 is 6.62. The minimum Gasteiger partial charge on any atom is -0.375 e. The third-order valence-corrected chi connectivity index (χ3v) is 7.15. The number of amides is 1. The third-order valence-electron chi connectivity index (χ3n) is 4.33. The summed E-state index contributed by atoms with van der Waals surface area (Å²) in [5.41, 5.74) is 2.07. The van der Waals surface area contributed by atoms with Crippen molar-refractivity contribution < 1.29 is 9.53 Å². The Balaban J connectivity index is 1.52. The number of carbonyl (C=O) groups excluding carboxylic acids is 1. The van der Waals surface area contributed by atoms with Crippen LogP contribution in [0.15, 0.2) is 46.2 Å². The number of morpholine rings is 1. The molecule has 1 saturated heterocycles. The number of halogens is 1. The standard InChI is InChI=1S/C19H18BrN3O2S2/c1-12-9-23(6-7-25-12)17(24)10-26-19-18-15(21-11-22-19)8-16(27-18)13-2-4-14(20)5-3-13/h2-5,8,11-12H,6-7,9-10H2,1H3. The van der Waals surface area contributed by atoms with Crippen LogP contribution in [-0.2, 0) is 9.53 Å². The third kappa shape index (κ3) is 4.34. The Hall–Kier alpha value is -1.48. The van der Waals surface area contributed by atoms with Crippen molar-refractivity contribution in [3.05, 3.63) is 41.1 Å². The van der Waals surface area contributed by atoms with Crippen molar-refractivity contribution >= 4 is 55.2 Å². The van der Waals surface area contributed by atoms with Crippen LogP contribution in [0.1, 0.15) is 6.92 Å². The van der Waals surface area contributed by atoms with E-state index >= 15 is 0 Å². The maximum atomic E-state index is 12.5. The summed E-state index contributed by atoms with van der Waals surface area (Å²) < 4.78 is 7.59. The monoisotopic (exact) mass is 463 g/mol. The fourth-order valence-electron chi connectivity index (χ4n) is 2.96. The molecule has 1 amide bonds. The van der Waals surface area contributed by atoms with Crippen LogP contribution < -0.4 is 0 Å². The molecule has 140 valence electrons. The van der Waals surface area contributed by atoms with Gasteiger partial charge in [0.25, 0.3) is 0 Å². The number of carbonyl (C=O) groups is 1. The van der Waals surface area contributed by atoms with Crippen LogP contribution in [0.25, 0.3) is 20.7 Å². The van der Waals surface area contributed by atoms with Gasteiger partial charge in [0.05, 0.1) is 28.7 Å². The van der Waals surface area contributed by atoms with Crippen molar-refractivity contribution in [3.8, 4) is 10.4 Å². The lowest BCUT2D eigenvalue weighted by Crippen LogP contribution is -2.45. The lowest BCUT2D eigenvalue weighted by Gasteiger charge is -2.31. The molecule has 0 radical (unpaired) electrons. The Morgan fingerprint density at radius 3 is 2.96 bits per heavy atom. The number of benzene rings is 1. The van der Waals surface area contributed by atoms with E-state index in [-0.39, 0.29) is 12.0 Å².